The van der Waals surface area contributed by atoms with Crippen LogP contribution >= 0.6 is 0 Å². The van der Waals surface area contributed by atoms with Crippen LogP contribution in [-0.2, 0) is 4.79 Å². The van der Waals surface area contributed by atoms with E-state index in [0.29, 0.717) is 68.1 Å². The number of Topliss-reactive ketones (excluding diaryl/α,β-unsaturated/α-hetero) is 1. The number of hydrogen-bond donors (Lipinski definition) is 2. The average Bonchev–Trinajstić information content (AvgIpc) is 3.43. The maximum absolute atomic E-state index is 12.9. The minimum Gasteiger partial charge on any atom is -0.491 e. The molecule has 0 unspecified atom stereocenters. The van der Waals surface area contributed by atoms with Crippen LogP contribution in [0, 0.1) is 0 Å². The molecule has 8 heteroatoms. The summed E-state index contributed by atoms with van der Waals surface area (Å²) in [7, 11) is 0. The van der Waals surface area contributed by atoms with Crippen molar-refractivity contribution in [3.05, 3.63) is 53.6 Å². The molecule has 0 saturated carbocycles. The average molecular weight is 525 g/mol. The van der Waals surface area contributed by atoms with Crippen LogP contribution in [0.15, 0.2) is 42.5 Å². The zero-order chi connectivity index (χ0) is 26.9. The largest absolute Gasteiger partial charge is 0.491 e. The molecule has 0 bridgehead atoms. The number of carbonyl (C=O) groups excluding carboxylic acids is 2. The minimum absolute atomic E-state index is 0.0578. The summed E-state index contributed by atoms with van der Waals surface area (Å²) in [6.07, 6.45) is 3.37. The topological polar surface area (TPSA) is 97.3 Å². The molecule has 0 aliphatic carbocycles. The molecular weight excluding hydrogens is 484 g/mol. The second-order valence-electron chi connectivity index (χ2n) is 10.4. The quantitative estimate of drug-likeness (QED) is 0.298. The van der Waals surface area contributed by atoms with Gasteiger partial charge >= 0.3 is 0 Å². The van der Waals surface area contributed by atoms with E-state index in [1.165, 1.54) is 0 Å². The van der Waals surface area contributed by atoms with Crippen molar-refractivity contribution >= 4 is 11.7 Å². The molecule has 1 saturated heterocycles. The van der Waals surface area contributed by atoms with E-state index in [-0.39, 0.29) is 17.8 Å². The second-order valence-corrected chi connectivity index (χ2v) is 10.4. The number of aliphatic hydroxyl groups excluding tert-OH is 1. The summed E-state index contributed by atoms with van der Waals surface area (Å²) in [6.45, 7) is 7.41. The van der Waals surface area contributed by atoms with Crippen molar-refractivity contribution in [2.75, 3.05) is 32.8 Å². The Kier molecular flexibility index (Phi) is 10.0. The maximum Gasteiger partial charge on any atom is 0.220 e. The van der Waals surface area contributed by atoms with Gasteiger partial charge in [-0.2, -0.15) is 0 Å². The normalized spacial score (nSPS) is 16.7. The number of unbranched alkanes of at least 4 members (excludes halogenated alkanes) is 1. The number of hydrogen-bond acceptors (Lipinski definition) is 7. The number of nitrogens with one attached hydrogen (secondary N) is 1. The number of fused-ring (bicyclic) bond motifs is 1. The Morgan fingerprint density at radius 2 is 1.66 bits per heavy atom. The number of rotatable bonds is 13. The van der Waals surface area contributed by atoms with Crippen molar-refractivity contribution in [2.45, 2.75) is 70.6 Å². The summed E-state index contributed by atoms with van der Waals surface area (Å²) >= 11 is 0. The van der Waals surface area contributed by atoms with E-state index >= 15 is 0 Å². The summed E-state index contributed by atoms with van der Waals surface area (Å²) in [5.74, 6) is 1.97. The number of nitrogens with zero attached hydrogens (tertiary/aromatic N) is 1. The first-order chi connectivity index (χ1) is 18.4. The molecule has 2 aliphatic rings. The lowest BCUT2D eigenvalue weighted by atomic mass is 10.00. The molecule has 2 aromatic rings. The van der Waals surface area contributed by atoms with Gasteiger partial charge in [0.05, 0.1) is 12.1 Å². The summed E-state index contributed by atoms with van der Waals surface area (Å²) in [5.41, 5.74) is 1.34. The third kappa shape index (κ3) is 7.95. The zero-order valence-electron chi connectivity index (χ0n) is 22.5. The van der Waals surface area contributed by atoms with E-state index in [0.717, 1.165) is 31.7 Å². The van der Waals surface area contributed by atoms with Crippen LogP contribution in [0.3, 0.4) is 0 Å². The number of benzene rings is 2. The highest BCUT2D eigenvalue weighted by Crippen LogP contribution is 2.33. The molecule has 2 heterocycles. The number of aliphatic hydroxyl groups is 1. The van der Waals surface area contributed by atoms with Gasteiger partial charge in [0, 0.05) is 24.9 Å². The van der Waals surface area contributed by atoms with Gasteiger partial charge in [-0.15, -0.1) is 0 Å². The zero-order valence-corrected chi connectivity index (χ0v) is 22.5. The number of carbonyl (C=O) groups is 2. The monoisotopic (exact) mass is 524 g/mol. The van der Waals surface area contributed by atoms with Gasteiger partial charge in [-0.3, -0.25) is 9.59 Å². The van der Waals surface area contributed by atoms with Crippen molar-refractivity contribution in [1.82, 2.24) is 10.2 Å². The highest BCUT2D eigenvalue weighted by atomic mass is 16.6. The van der Waals surface area contributed by atoms with Gasteiger partial charge in [0.25, 0.3) is 0 Å². The van der Waals surface area contributed by atoms with Gasteiger partial charge in [0.15, 0.2) is 17.3 Å². The highest BCUT2D eigenvalue weighted by molar-refractivity contribution is 5.96. The van der Waals surface area contributed by atoms with Crippen LogP contribution in [0.1, 0.15) is 74.4 Å². The minimum atomic E-state index is -0.875. The van der Waals surface area contributed by atoms with Gasteiger partial charge in [-0.25, -0.2) is 0 Å². The predicted molar refractivity (Wildman–Crippen MR) is 145 cm³/mol. The first kappa shape index (κ1) is 27.9. The Labute approximate surface area is 225 Å². The fourth-order valence-corrected chi connectivity index (χ4v) is 4.93. The molecule has 0 aromatic heterocycles. The van der Waals surface area contributed by atoms with Crippen molar-refractivity contribution in [3.8, 4) is 17.2 Å². The van der Waals surface area contributed by atoms with Gasteiger partial charge in [0.1, 0.15) is 25.1 Å². The molecule has 38 heavy (non-hydrogen) atoms. The molecule has 206 valence electrons. The van der Waals surface area contributed by atoms with E-state index in [4.69, 9.17) is 14.2 Å². The molecule has 2 N–H and O–H groups in total. The first-order valence-electron chi connectivity index (χ1n) is 13.8. The van der Waals surface area contributed by atoms with Gasteiger partial charge in [0.2, 0.25) is 5.91 Å². The summed E-state index contributed by atoms with van der Waals surface area (Å²) < 4.78 is 16.9. The van der Waals surface area contributed by atoms with E-state index in [1.807, 2.05) is 38.1 Å². The first-order valence-corrected chi connectivity index (χ1v) is 13.8. The van der Waals surface area contributed by atoms with Crippen LogP contribution in [0.5, 0.6) is 17.2 Å². The lowest BCUT2D eigenvalue weighted by Gasteiger charge is -2.29. The number of likely N-dealkylation sites (tertiary alicyclic amines) is 1. The van der Waals surface area contributed by atoms with E-state index in [1.54, 1.807) is 18.2 Å². The lowest BCUT2D eigenvalue weighted by molar-refractivity contribution is -0.123. The van der Waals surface area contributed by atoms with Gasteiger partial charge in [-0.05, 0) is 94.6 Å². The second kappa shape index (κ2) is 13.6. The predicted octanol–water partition coefficient (Wildman–Crippen LogP) is 4.30. The fourth-order valence-electron chi connectivity index (χ4n) is 4.93. The summed E-state index contributed by atoms with van der Waals surface area (Å²) in [4.78, 5) is 27.7. The Morgan fingerprint density at radius 1 is 0.974 bits per heavy atom. The molecule has 1 amide bonds. The Hall–Kier alpha value is -3.10. The van der Waals surface area contributed by atoms with Crippen LogP contribution < -0.4 is 19.5 Å². The van der Waals surface area contributed by atoms with Crippen LogP contribution in [0.2, 0.25) is 0 Å². The molecule has 0 radical (unpaired) electrons. The van der Waals surface area contributed by atoms with Crippen molar-refractivity contribution in [3.63, 3.8) is 0 Å². The van der Waals surface area contributed by atoms with Gasteiger partial charge < -0.3 is 29.5 Å². The van der Waals surface area contributed by atoms with Crippen LogP contribution in [-0.4, -0.2) is 66.7 Å². The van der Waals surface area contributed by atoms with Gasteiger partial charge in [-0.1, -0.05) is 6.07 Å². The van der Waals surface area contributed by atoms with E-state index < -0.39 is 12.1 Å². The van der Waals surface area contributed by atoms with Crippen molar-refractivity contribution in [1.29, 1.82) is 0 Å². The summed E-state index contributed by atoms with van der Waals surface area (Å²) in [6, 6.07) is 12.2. The number of ketones is 1. The highest BCUT2D eigenvalue weighted by Gasteiger charge is 2.27. The Morgan fingerprint density at radius 3 is 2.37 bits per heavy atom. The smallest absolute Gasteiger partial charge is 0.220 e. The standard InChI is InChI=1S/C30H40N2O6/c1-21(2)38-24-12-9-22(10-13-24)26(33)7-3-4-8-29(34)31-25(20-32-15-5-6-16-32)30(35)23-11-14-27-28(19-23)37-18-17-36-27/h9-14,19,21,25,30,35H,3-8,15-18,20H2,1-2H3,(H,31,34)/t25-,30-/m1/s1. The van der Waals surface area contributed by atoms with Crippen LogP contribution in [0.25, 0.3) is 0 Å². The number of ether oxygens (including phenoxy) is 3. The third-order valence-corrected chi connectivity index (χ3v) is 6.89. The molecule has 2 aliphatic heterocycles. The van der Waals surface area contributed by atoms with E-state index in [2.05, 4.69) is 10.2 Å². The molecule has 4 rings (SSSR count). The Balaban J connectivity index is 1.28. The van der Waals surface area contributed by atoms with Crippen molar-refractivity contribution in [2.24, 2.45) is 0 Å². The Bertz CT molecular complexity index is 1060. The summed E-state index contributed by atoms with van der Waals surface area (Å²) in [5, 5.41) is 14.3. The molecule has 0 spiro atoms. The molecule has 2 aromatic carbocycles. The van der Waals surface area contributed by atoms with Crippen LogP contribution in [0.4, 0.5) is 0 Å². The fraction of sp³-hybridized carbons (Fsp3) is 0.533. The van der Waals surface area contributed by atoms with Crippen molar-refractivity contribution < 1.29 is 28.9 Å². The molecule has 2 atom stereocenters. The number of amides is 1. The SMILES string of the molecule is CC(C)Oc1ccc(C(=O)CCCCC(=O)N[C@H](CN2CCCC2)[C@H](O)c2ccc3c(c2)OCCO3)cc1. The maximum atomic E-state index is 12.9. The molecular formula is C30H40N2O6. The molecule has 8 nitrogen and oxygen atoms in total. The molecule has 1 fully saturated rings. The lowest BCUT2D eigenvalue weighted by Crippen LogP contribution is -2.46. The van der Waals surface area contributed by atoms with E-state index in [9.17, 15) is 14.7 Å². The third-order valence-electron chi connectivity index (χ3n) is 6.89.